The van der Waals surface area contributed by atoms with Crippen molar-refractivity contribution in [1.29, 1.82) is 0 Å². The molecule has 0 spiro atoms. The molecule has 4 N–H and O–H groups in total. The summed E-state index contributed by atoms with van der Waals surface area (Å²) in [5.74, 6) is -13.7. The van der Waals surface area contributed by atoms with Crippen LogP contribution in [0.1, 0.15) is 36.2 Å². The van der Waals surface area contributed by atoms with Gasteiger partial charge in [0.25, 0.3) is 11.9 Å². The predicted molar refractivity (Wildman–Crippen MR) is 141 cm³/mol. The lowest BCUT2D eigenvalue weighted by Gasteiger charge is -2.41. The number of nitrogens with zero attached hydrogens (tertiary/aromatic N) is 2. The number of hydrogen-bond acceptors (Lipinski definition) is 9. The topological polar surface area (TPSA) is 167 Å². The van der Waals surface area contributed by atoms with E-state index in [9.17, 15) is 47.0 Å². The van der Waals surface area contributed by atoms with Gasteiger partial charge in [-0.1, -0.05) is 19.1 Å². The van der Waals surface area contributed by atoms with E-state index in [1.165, 1.54) is 45.2 Å². The van der Waals surface area contributed by atoms with Gasteiger partial charge in [0.1, 0.15) is 17.9 Å². The van der Waals surface area contributed by atoms with Gasteiger partial charge in [-0.25, -0.2) is 9.18 Å². The summed E-state index contributed by atoms with van der Waals surface area (Å²) in [7, 11) is 1.25. The van der Waals surface area contributed by atoms with Crippen LogP contribution >= 0.6 is 0 Å². The minimum absolute atomic E-state index is 0.252. The predicted octanol–water partition coefficient (Wildman–Crippen LogP) is 0.728. The Morgan fingerprint density at radius 1 is 1.11 bits per heavy atom. The first-order valence-corrected chi connectivity index (χ1v) is 13.6. The Hall–Kier alpha value is -4.31. The number of likely N-dealkylation sites (N-methyl/N-ethyl adjacent to an activating group) is 1. The van der Waals surface area contributed by atoms with Crippen LogP contribution in [-0.4, -0.2) is 93.9 Å². The van der Waals surface area contributed by atoms with E-state index in [0.717, 1.165) is 4.90 Å². The standard InChI is InChI=1S/C28H30F4N4O8/c1-11-22(38)15(10-14-18(29)19(30)24(32)35-23(14)31)33-26(40)20(34-25(39)13-6-4-5-7-16(13)37)12(2)44-28(42)21(17-8-9-43-17)36(3)27(11)41/h4-7,11-12,15,17,20-22,37-38H,8-10H2,1-3H3,(H,33,40)(H,34,39)/t11-,12-,15+,17?,20+,21?,22+/m1/s1. The Labute approximate surface area is 248 Å². The second kappa shape index (κ2) is 13.1. The number of esters is 1. The highest BCUT2D eigenvalue weighted by atomic mass is 19.2. The molecule has 0 radical (unpaired) electrons. The molecule has 3 heterocycles. The lowest BCUT2D eigenvalue weighted by atomic mass is 9.90. The minimum Gasteiger partial charge on any atom is -0.507 e. The highest BCUT2D eigenvalue weighted by molar-refractivity contribution is 6.00. The summed E-state index contributed by atoms with van der Waals surface area (Å²) in [5.41, 5.74) is -1.39. The molecule has 2 unspecified atom stereocenters. The van der Waals surface area contributed by atoms with Crippen molar-refractivity contribution in [2.75, 3.05) is 13.7 Å². The first-order valence-electron chi connectivity index (χ1n) is 13.6. The molecular formula is C28H30F4N4O8. The van der Waals surface area contributed by atoms with Gasteiger partial charge in [-0.05, 0) is 25.5 Å². The van der Waals surface area contributed by atoms with E-state index in [1.54, 1.807) is 0 Å². The average molecular weight is 627 g/mol. The number of para-hydroxylation sites is 1. The summed E-state index contributed by atoms with van der Waals surface area (Å²) in [6.45, 7) is 2.74. The number of carbonyl (C=O) groups is 4. The highest BCUT2D eigenvalue weighted by Crippen LogP contribution is 2.26. The fourth-order valence-corrected chi connectivity index (χ4v) is 5.06. The van der Waals surface area contributed by atoms with E-state index in [2.05, 4.69) is 15.6 Å². The molecule has 0 bridgehead atoms. The minimum atomic E-state index is -2.10. The number of nitrogens with one attached hydrogen (secondary N) is 2. The average Bonchev–Trinajstić information content (AvgIpc) is 2.95. The van der Waals surface area contributed by atoms with E-state index >= 15 is 0 Å². The zero-order valence-corrected chi connectivity index (χ0v) is 23.7. The van der Waals surface area contributed by atoms with Gasteiger partial charge in [0, 0.05) is 25.6 Å². The molecule has 3 amide bonds. The second-order valence-corrected chi connectivity index (χ2v) is 10.6. The van der Waals surface area contributed by atoms with Gasteiger partial charge in [0.15, 0.2) is 11.9 Å². The summed E-state index contributed by atoms with van der Waals surface area (Å²) >= 11 is 0. The van der Waals surface area contributed by atoms with Crippen molar-refractivity contribution < 1.29 is 56.4 Å². The second-order valence-electron chi connectivity index (χ2n) is 10.6. The fraction of sp³-hybridized carbons (Fsp3) is 0.464. The molecule has 7 atom stereocenters. The van der Waals surface area contributed by atoms with E-state index in [-0.39, 0.29) is 12.2 Å². The van der Waals surface area contributed by atoms with Crippen LogP contribution in [-0.2, 0) is 30.3 Å². The van der Waals surface area contributed by atoms with Crippen molar-refractivity contribution in [3.05, 3.63) is 58.9 Å². The molecule has 16 heteroatoms. The molecule has 12 nitrogen and oxygen atoms in total. The van der Waals surface area contributed by atoms with Crippen LogP contribution in [0.5, 0.6) is 5.75 Å². The van der Waals surface area contributed by atoms with Crippen LogP contribution in [0.3, 0.4) is 0 Å². The van der Waals surface area contributed by atoms with Gasteiger partial charge >= 0.3 is 5.97 Å². The van der Waals surface area contributed by atoms with Gasteiger partial charge < -0.3 is 35.2 Å². The maximum absolute atomic E-state index is 14.6. The molecule has 2 aromatic rings. The molecular weight excluding hydrogens is 596 g/mol. The zero-order valence-electron chi connectivity index (χ0n) is 23.7. The lowest BCUT2D eigenvalue weighted by molar-refractivity contribution is -0.177. The van der Waals surface area contributed by atoms with E-state index < -0.39 is 107 Å². The summed E-state index contributed by atoms with van der Waals surface area (Å²) < 4.78 is 67.6. The summed E-state index contributed by atoms with van der Waals surface area (Å²) in [4.78, 5) is 57.1. The van der Waals surface area contributed by atoms with Gasteiger partial charge in [0.2, 0.25) is 23.6 Å². The van der Waals surface area contributed by atoms with E-state index in [1.807, 2.05) is 0 Å². The third-order valence-corrected chi connectivity index (χ3v) is 7.73. The number of phenols is 1. The number of phenolic OH excluding ortho intramolecular Hbond substituents is 1. The van der Waals surface area contributed by atoms with Crippen LogP contribution < -0.4 is 10.6 Å². The monoisotopic (exact) mass is 626 g/mol. The molecule has 2 aliphatic rings. The number of benzene rings is 1. The molecule has 1 aromatic heterocycles. The third-order valence-electron chi connectivity index (χ3n) is 7.73. The van der Waals surface area contributed by atoms with Gasteiger partial charge in [-0.3, -0.25) is 14.4 Å². The Morgan fingerprint density at radius 2 is 1.77 bits per heavy atom. The quantitative estimate of drug-likeness (QED) is 0.213. The van der Waals surface area contributed by atoms with Crippen LogP contribution in [0.4, 0.5) is 17.6 Å². The van der Waals surface area contributed by atoms with Gasteiger partial charge in [-0.15, -0.1) is 0 Å². The van der Waals surface area contributed by atoms with E-state index in [4.69, 9.17) is 9.47 Å². The number of rotatable bonds is 5. The van der Waals surface area contributed by atoms with Crippen LogP contribution in [0.15, 0.2) is 24.3 Å². The van der Waals surface area contributed by atoms with Crippen molar-refractivity contribution in [2.24, 2.45) is 5.92 Å². The molecule has 2 aliphatic heterocycles. The highest BCUT2D eigenvalue weighted by Gasteiger charge is 2.45. The fourth-order valence-electron chi connectivity index (χ4n) is 5.06. The van der Waals surface area contributed by atoms with E-state index in [0.29, 0.717) is 6.42 Å². The molecule has 238 valence electrons. The molecule has 0 saturated carbocycles. The smallest absolute Gasteiger partial charge is 0.331 e. The number of cyclic esters (lactones) is 1. The molecule has 2 fully saturated rings. The number of pyridine rings is 1. The number of aromatic hydroxyl groups is 1. The zero-order chi connectivity index (χ0) is 32.5. The third kappa shape index (κ3) is 6.45. The van der Waals surface area contributed by atoms with Crippen molar-refractivity contribution in [1.82, 2.24) is 20.5 Å². The van der Waals surface area contributed by atoms with Crippen LogP contribution in [0.2, 0.25) is 0 Å². The summed E-state index contributed by atoms with van der Waals surface area (Å²) in [6.07, 6.45) is -4.84. The molecule has 44 heavy (non-hydrogen) atoms. The Kier molecular flexibility index (Phi) is 9.73. The Balaban J connectivity index is 1.76. The number of halogens is 4. The largest absolute Gasteiger partial charge is 0.507 e. The van der Waals surface area contributed by atoms with Crippen molar-refractivity contribution in [3.8, 4) is 5.75 Å². The van der Waals surface area contributed by atoms with Crippen molar-refractivity contribution in [3.63, 3.8) is 0 Å². The van der Waals surface area contributed by atoms with Crippen LogP contribution in [0, 0.1) is 29.4 Å². The lowest BCUT2D eigenvalue weighted by Crippen LogP contribution is -2.62. The number of ether oxygens (including phenoxy) is 2. The maximum atomic E-state index is 14.6. The first-order chi connectivity index (χ1) is 20.7. The Bertz CT molecular complexity index is 1460. The molecule has 0 aliphatic carbocycles. The summed E-state index contributed by atoms with van der Waals surface area (Å²) in [6, 6.07) is 0.499. The summed E-state index contributed by atoms with van der Waals surface area (Å²) in [5, 5.41) is 26.0. The maximum Gasteiger partial charge on any atom is 0.331 e. The number of carbonyl (C=O) groups excluding carboxylic acids is 4. The number of amides is 3. The normalized spacial score (nSPS) is 28.2. The molecule has 4 rings (SSSR count). The van der Waals surface area contributed by atoms with Gasteiger partial charge in [0.05, 0.1) is 29.7 Å². The molecule has 1 aromatic carbocycles. The van der Waals surface area contributed by atoms with Crippen molar-refractivity contribution in [2.45, 2.75) is 63.1 Å². The van der Waals surface area contributed by atoms with Crippen molar-refractivity contribution >= 4 is 23.7 Å². The number of aliphatic hydroxyl groups excluding tert-OH is 1. The van der Waals surface area contributed by atoms with Gasteiger partial charge in [-0.2, -0.15) is 18.2 Å². The number of aromatic nitrogens is 1. The number of aliphatic hydroxyl groups is 1. The van der Waals surface area contributed by atoms with Crippen LogP contribution in [0.25, 0.3) is 0 Å². The Morgan fingerprint density at radius 3 is 2.39 bits per heavy atom. The SMILES string of the molecule is C[C@H]1OC(=O)C(C2CCO2)N(C)C(=O)[C@H](C)[C@H](O)[C@H](Cc2c(F)nc(F)c(F)c2F)NC(=O)[C@H]1NC(=O)c1ccccc1O. The first kappa shape index (κ1) is 32.6. The molecule has 2 saturated heterocycles. The number of hydrogen-bond donors (Lipinski definition) is 4.